The number of carbonyl (C=O) groups excluding carboxylic acids is 1. The standard InChI is InChI=1S/C16H13BrN2OS/c1-11-9-14(21-15(11)17)16(20)18-12-5-4-6-13(10-12)19-7-2-3-8-19/h2-10H,1H3,(H,18,20). The zero-order chi connectivity index (χ0) is 14.8. The number of anilines is 1. The molecule has 0 fully saturated rings. The maximum atomic E-state index is 12.2. The van der Waals surface area contributed by atoms with Crippen LogP contribution in [-0.2, 0) is 0 Å². The Balaban J connectivity index is 1.82. The minimum atomic E-state index is -0.0848. The maximum Gasteiger partial charge on any atom is 0.265 e. The third-order valence-corrected chi connectivity index (χ3v) is 5.22. The van der Waals surface area contributed by atoms with E-state index >= 15 is 0 Å². The highest BCUT2D eigenvalue weighted by Gasteiger charge is 2.11. The van der Waals surface area contributed by atoms with Gasteiger partial charge >= 0.3 is 0 Å². The lowest BCUT2D eigenvalue weighted by molar-refractivity contribution is 0.103. The monoisotopic (exact) mass is 360 g/mol. The van der Waals surface area contributed by atoms with Gasteiger partial charge in [-0.2, -0.15) is 0 Å². The van der Waals surface area contributed by atoms with Crippen LogP contribution in [0.5, 0.6) is 0 Å². The zero-order valence-corrected chi connectivity index (χ0v) is 13.7. The van der Waals surface area contributed by atoms with Crippen molar-refractivity contribution in [2.24, 2.45) is 0 Å². The molecule has 0 bridgehead atoms. The molecule has 0 aliphatic rings. The Bertz CT molecular complexity index is 758. The molecule has 0 saturated heterocycles. The van der Waals surface area contributed by atoms with Gasteiger partial charge in [0.25, 0.3) is 5.91 Å². The van der Waals surface area contributed by atoms with E-state index < -0.39 is 0 Å². The number of thiophene rings is 1. The van der Waals surface area contributed by atoms with Crippen LogP contribution in [0.15, 0.2) is 58.6 Å². The Kier molecular flexibility index (Phi) is 3.94. The van der Waals surface area contributed by atoms with E-state index in [1.54, 1.807) is 0 Å². The Morgan fingerprint density at radius 1 is 1.19 bits per heavy atom. The van der Waals surface area contributed by atoms with Gasteiger partial charge in [-0.1, -0.05) is 6.07 Å². The largest absolute Gasteiger partial charge is 0.324 e. The molecule has 3 nitrogen and oxygen atoms in total. The Labute approximate surface area is 135 Å². The molecule has 3 aromatic rings. The Morgan fingerprint density at radius 3 is 2.62 bits per heavy atom. The third kappa shape index (κ3) is 3.09. The molecule has 21 heavy (non-hydrogen) atoms. The van der Waals surface area contributed by atoms with E-state index in [0.717, 1.165) is 20.7 Å². The second-order valence-electron chi connectivity index (χ2n) is 4.66. The highest BCUT2D eigenvalue weighted by atomic mass is 79.9. The van der Waals surface area contributed by atoms with Crippen molar-refractivity contribution in [1.82, 2.24) is 4.57 Å². The van der Waals surface area contributed by atoms with Crippen molar-refractivity contribution in [2.45, 2.75) is 6.92 Å². The van der Waals surface area contributed by atoms with Crippen LogP contribution in [0.1, 0.15) is 15.2 Å². The van der Waals surface area contributed by atoms with Crippen LogP contribution in [0, 0.1) is 6.92 Å². The predicted molar refractivity (Wildman–Crippen MR) is 90.5 cm³/mol. The number of aromatic nitrogens is 1. The van der Waals surface area contributed by atoms with Crippen molar-refractivity contribution in [3.63, 3.8) is 0 Å². The zero-order valence-electron chi connectivity index (χ0n) is 11.3. The van der Waals surface area contributed by atoms with Crippen molar-refractivity contribution in [2.75, 3.05) is 5.32 Å². The number of hydrogen-bond acceptors (Lipinski definition) is 2. The summed E-state index contributed by atoms with van der Waals surface area (Å²) in [5.74, 6) is -0.0848. The average Bonchev–Trinajstić information content (AvgIpc) is 3.10. The number of nitrogens with zero attached hydrogens (tertiary/aromatic N) is 1. The van der Waals surface area contributed by atoms with E-state index in [4.69, 9.17) is 0 Å². The van der Waals surface area contributed by atoms with Crippen molar-refractivity contribution in [3.8, 4) is 5.69 Å². The highest BCUT2D eigenvalue weighted by Crippen LogP contribution is 2.28. The van der Waals surface area contributed by atoms with Gasteiger partial charge in [0.1, 0.15) is 0 Å². The number of benzene rings is 1. The van der Waals surface area contributed by atoms with Crippen LogP contribution in [0.2, 0.25) is 0 Å². The molecule has 0 unspecified atom stereocenters. The van der Waals surface area contributed by atoms with Gasteiger partial charge in [0.2, 0.25) is 0 Å². The van der Waals surface area contributed by atoms with Crippen molar-refractivity contribution in [3.05, 3.63) is 69.1 Å². The van der Waals surface area contributed by atoms with Crippen LogP contribution in [-0.4, -0.2) is 10.5 Å². The number of amides is 1. The van der Waals surface area contributed by atoms with Gasteiger partial charge < -0.3 is 9.88 Å². The van der Waals surface area contributed by atoms with Gasteiger partial charge in [-0.15, -0.1) is 11.3 Å². The molecular formula is C16H13BrN2OS. The summed E-state index contributed by atoms with van der Waals surface area (Å²) >= 11 is 4.89. The van der Waals surface area contributed by atoms with Gasteiger partial charge in [-0.05, 0) is 64.8 Å². The summed E-state index contributed by atoms with van der Waals surface area (Å²) in [6, 6.07) is 13.6. The van der Waals surface area contributed by atoms with E-state index in [9.17, 15) is 4.79 Å². The lowest BCUT2D eigenvalue weighted by atomic mass is 10.2. The third-order valence-electron chi connectivity index (χ3n) is 3.09. The molecule has 0 saturated carbocycles. The molecule has 2 heterocycles. The molecule has 2 aromatic heterocycles. The van der Waals surface area contributed by atoms with E-state index in [1.165, 1.54) is 11.3 Å². The summed E-state index contributed by atoms with van der Waals surface area (Å²) < 4.78 is 3.00. The number of rotatable bonds is 3. The van der Waals surface area contributed by atoms with Crippen molar-refractivity contribution in [1.29, 1.82) is 0 Å². The summed E-state index contributed by atoms with van der Waals surface area (Å²) in [5.41, 5.74) is 2.88. The first-order valence-corrected chi connectivity index (χ1v) is 8.05. The second-order valence-corrected chi connectivity index (χ2v) is 7.03. The van der Waals surface area contributed by atoms with Crippen LogP contribution in [0.25, 0.3) is 5.69 Å². The van der Waals surface area contributed by atoms with Crippen LogP contribution in [0.3, 0.4) is 0 Å². The summed E-state index contributed by atoms with van der Waals surface area (Å²) in [5, 5.41) is 2.94. The summed E-state index contributed by atoms with van der Waals surface area (Å²) in [4.78, 5) is 12.9. The summed E-state index contributed by atoms with van der Waals surface area (Å²) in [6.45, 7) is 1.98. The molecule has 0 aliphatic heterocycles. The van der Waals surface area contributed by atoms with Gasteiger partial charge in [0, 0.05) is 23.8 Å². The lowest BCUT2D eigenvalue weighted by Crippen LogP contribution is -2.10. The first kappa shape index (κ1) is 14.1. The molecule has 3 rings (SSSR count). The Morgan fingerprint density at radius 2 is 1.95 bits per heavy atom. The van der Waals surface area contributed by atoms with Crippen molar-refractivity contribution >= 4 is 38.9 Å². The average molecular weight is 361 g/mol. The van der Waals surface area contributed by atoms with Crippen LogP contribution >= 0.6 is 27.3 Å². The number of nitrogens with one attached hydrogen (secondary N) is 1. The molecule has 0 radical (unpaired) electrons. The summed E-state index contributed by atoms with van der Waals surface area (Å²) in [7, 11) is 0. The number of aryl methyl sites for hydroxylation is 1. The number of halogens is 1. The molecule has 0 spiro atoms. The minimum Gasteiger partial charge on any atom is -0.324 e. The first-order valence-electron chi connectivity index (χ1n) is 6.44. The fourth-order valence-electron chi connectivity index (χ4n) is 2.02. The molecule has 5 heteroatoms. The topological polar surface area (TPSA) is 34.0 Å². The van der Waals surface area contributed by atoms with E-state index in [0.29, 0.717) is 4.88 Å². The fraction of sp³-hybridized carbons (Fsp3) is 0.0625. The van der Waals surface area contributed by atoms with E-state index in [-0.39, 0.29) is 5.91 Å². The minimum absolute atomic E-state index is 0.0848. The Hall–Kier alpha value is -1.85. The number of hydrogen-bond donors (Lipinski definition) is 1. The second kappa shape index (κ2) is 5.87. The fourth-order valence-corrected chi connectivity index (χ4v) is 3.45. The molecule has 1 amide bonds. The molecule has 1 aromatic carbocycles. The van der Waals surface area contributed by atoms with Gasteiger partial charge in [-0.25, -0.2) is 0 Å². The smallest absolute Gasteiger partial charge is 0.265 e. The molecular weight excluding hydrogens is 348 g/mol. The highest BCUT2D eigenvalue weighted by molar-refractivity contribution is 9.11. The molecule has 1 N–H and O–H groups in total. The van der Waals surface area contributed by atoms with E-state index in [1.807, 2.05) is 66.3 Å². The van der Waals surface area contributed by atoms with E-state index in [2.05, 4.69) is 21.2 Å². The predicted octanol–water partition coefficient (Wildman–Crippen LogP) is 4.86. The summed E-state index contributed by atoms with van der Waals surface area (Å²) in [6.07, 6.45) is 3.95. The number of carbonyl (C=O) groups is 1. The lowest BCUT2D eigenvalue weighted by Gasteiger charge is -2.07. The van der Waals surface area contributed by atoms with Crippen LogP contribution in [0.4, 0.5) is 5.69 Å². The molecule has 106 valence electrons. The SMILES string of the molecule is Cc1cc(C(=O)Nc2cccc(-n3cccc3)c2)sc1Br. The van der Waals surface area contributed by atoms with Gasteiger partial charge in [-0.3, -0.25) is 4.79 Å². The van der Waals surface area contributed by atoms with Gasteiger partial charge in [0.05, 0.1) is 8.66 Å². The van der Waals surface area contributed by atoms with Gasteiger partial charge in [0.15, 0.2) is 0 Å². The quantitative estimate of drug-likeness (QED) is 0.710. The molecule has 0 aliphatic carbocycles. The first-order chi connectivity index (χ1) is 10.1. The van der Waals surface area contributed by atoms with Crippen LogP contribution < -0.4 is 5.32 Å². The normalized spacial score (nSPS) is 10.6. The molecule has 0 atom stereocenters. The van der Waals surface area contributed by atoms with Crippen molar-refractivity contribution < 1.29 is 4.79 Å². The maximum absolute atomic E-state index is 12.2.